The second-order valence-corrected chi connectivity index (χ2v) is 8.32. The van der Waals surface area contributed by atoms with Gasteiger partial charge in [0.15, 0.2) is 5.65 Å². The van der Waals surface area contributed by atoms with E-state index in [9.17, 15) is 9.90 Å². The Morgan fingerprint density at radius 3 is 2.86 bits per heavy atom. The zero-order chi connectivity index (χ0) is 19.7. The molecule has 6 heteroatoms. The Labute approximate surface area is 164 Å². The van der Waals surface area contributed by atoms with Crippen molar-refractivity contribution in [2.45, 2.75) is 39.2 Å². The molecular weight excluding hydrogens is 352 g/mol. The van der Waals surface area contributed by atoms with E-state index in [2.05, 4.69) is 27.0 Å². The predicted molar refractivity (Wildman–Crippen MR) is 110 cm³/mol. The first-order valence-electron chi connectivity index (χ1n) is 9.78. The predicted octanol–water partition coefficient (Wildman–Crippen LogP) is 3.35. The van der Waals surface area contributed by atoms with E-state index in [0.717, 1.165) is 65.9 Å². The Balaban J connectivity index is 1.66. The minimum Gasteiger partial charge on any atom is -0.393 e. The molecule has 0 saturated carbocycles. The summed E-state index contributed by atoms with van der Waals surface area (Å²) < 4.78 is 0. The molecule has 0 unspecified atom stereocenters. The number of fused-ring (bicyclic) bond motifs is 1. The van der Waals surface area contributed by atoms with Crippen LogP contribution < -0.4 is 4.90 Å². The third-order valence-corrected chi connectivity index (χ3v) is 5.40. The Morgan fingerprint density at radius 2 is 2.11 bits per heavy atom. The number of aromatic nitrogens is 3. The first kappa shape index (κ1) is 18.6. The van der Waals surface area contributed by atoms with Gasteiger partial charge in [-0.1, -0.05) is 26.0 Å². The molecule has 1 saturated heterocycles. The normalized spacial score (nSPS) is 15.9. The van der Waals surface area contributed by atoms with Crippen LogP contribution >= 0.6 is 0 Å². The zero-order valence-corrected chi connectivity index (χ0v) is 16.4. The maximum Gasteiger partial charge on any atom is 0.156 e. The fourth-order valence-corrected chi connectivity index (χ4v) is 3.73. The lowest BCUT2D eigenvalue weighted by atomic mass is 9.88. The van der Waals surface area contributed by atoms with Crippen LogP contribution in [0.3, 0.4) is 0 Å². The number of benzene rings is 1. The Morgan fingerprint density at radius 1 is 1.32 bits per heavy atom. The van der Waals surface area contributed by atoms with Crippen molar-refractivity contribution in [3.05, 3.63) is 42.2 Å². The lowest BCUT2D eigenvalue weighted by molar-refractivity contribution is -0.114. The summed E-state index contributed by atoms with van der Waals surface area (Å²) in [5.74, 6) is 0. The van der Waals surface area contributed by atoms with Crippen LogP contribution in [-0.4, -0.2) is 45.5 Å². The smallest absolute Gasteiger partial charge is 0.156 e. The zero-order valence-electron chi connectivity index (χ0n) is 16.4. The SMILES string of the molecule is CC(C)(C=O)Cc1c[nH]c2ncc(-c3cccc(N4CCC(O)CC4)c3)nc12. The van der Waals surface area contributed by atoms with E-state index in [-0.39, 0.29) is 6.10 Å². The fraction of sp³-hybridized carbons (Fsp3) is 0.409. The molecule has 1 fully saturated rings. The minimum absolute atomic E-state index is 0.185. The number of nitrogens with zero attached hydrogens (tertiary/aromatic N) is 3. The fourth-order valence-electron chi connectivity index (χ4n) is 3.73. The van der Waals surface area contributed by atoms with E-state index in [1.807, 2.05) is 32.2 Å². The first-order chi connectivity index (χ1) is 13.4. The monoisotopic (exact) mass is 378 g/mol. The topological polar surface area (TPSA) is 82.1 Å². The summed E-state index contributed by atoms with van der Waals surface area (Å²) in [6, 6.07) is 8.31. The number of H-pyrrole nitrogens is 1. The first-order valence-corrected chi connectivity index (χ1v) is 9.78. The maximum absolute atomic E-state index is 11.3. The van der Waals surface area contributed by atoms with Crippen molar-refractivity contribution in [2.75, 3.05) is 18.0 Å². The van der Waals surface area contributed by atoms with Gasteiger partial charge in [-0.05, 0) is 37.0 Å². The standard InChI is InChI=1S/C22H26N4O2/c1-22(2,14-27)11-16-12-23-21-20(16)25-19(13-24-21)15-4-3-5-17(10-15)26-8-6-18(28)7-9-26/h3-5,10,12-14,18,28H,6-9,11H2,1-2H3,(H,23,24). The van der Waals surface area contributed by atoms with Crippen molar-refractivity contribution in [1.29, 1.82) is 0 Å². The quantitative estimate of drug-likeness (QED) is 0.666. The molecule has 0 atom stereocenters. The number of aldehydes is 1. The van der Waals surface area contributed by atoms with Gasteiger partial charge in [-0.25, -0.2) is 9.97 Å². The van der Waals surface area contributed by atoms with Gasteiger partial charge in [0, 0.05) is 36.0 Å². The number of rotatable bonds is 5. The van der Waals surface area contributed by atoms with Crippen molar-refractivity contribution in [2.24, 2.45) is 5.41 Å². The largest absolute Gasteiger partial charge is 0.393 e. The van der Waals surface area contributed by atoms with Gasteiger partial charge in [0.2, 0.25) is 0 Å². The van der Waals surface area contributed by atoms with Gasteiger partial charge in [0.25, 0.3) is 0 Å². The van der Waals surface area contributed by atoms with E-state index >= 15 is 0 Å². The van der Waals surface area contributed by atoms with Crippen LogP contribution in [0.25, 0.3) is 22.4 Å². The Hall–Kier alpha value is -2.73. The molecule has 6 nitrogen and oxygen atoms in total. The molecule has 1 aromatic carbocycles. The lowest BCUT2D eigenvalue weighted by Gasteiger charge is -2.31. The molecule has 28 heavy (non-hydrogen) atoms. The van der Waals surface area contributed by atoms with Crippen LogP contribution in [0.1, 0.15) is 32.3 Å². The summed E-state index contributed by atoms with van der Waals surface area (Å²) in [6.07, 6.45) is 6.70. The highest BCUT2D eigenvalue weighted by atomic mass is 16.3. The number of anilines is 1. The number of aliphatic hydroxyl groups excluding tert-OH is 1. The highest BCUT2D eigenvalue weighted by Gasteiger charge is 2.21. The number of aromatic amines is 1. The number of aliphatic hydroxyl groups is 1. The Bertz CT molecular complexity index is 987. The van der Waals surface area contributed by atoms with E-state index in [1.165, 1.54) is 0 Å². The summed E-state index contributed by atoms with van der Waals surface area (Å²) in [7, 11) is 0. The molecule has 3 heterocycles. The summed E-state index contributed by atoms with van der Waals surface area (Å²) in [6.45, 7) is 5.57. The molecule has 4 rings (SSSR count). The van der Waals surface area contributed by atoms with Gasteiger partial charge in [-0.2, -0.15) is 0 Å². The summed E-state index contributed by atoms with van der Waals surface area (Å²) in [4.78, 5) is 26.2. The molecule has 0 radical (unpaired) electrons. The average Bonchev–Trinajstić information content (AvgIpc) is 3.10. The van der Waals surface area contributed by atoms with Gasteiger partial charge in [0.1, 0.15) is 11.8 Å². The van der Waals surface area contributed by atoms with Gasteiger partial charge in [0.05, 0.1) is 18.0 Å². The molecule has 1 aliphatic heterocycles. The highest BCUT2D eigenvalue weighted by molar-refractivity contribution is 5.79. The van der Waals surface area contributed by atoms with E-state index < -0.39 is 5.41 Å². The van der Waals surface area contributed by atoms with Crippen LogP contribution in [0, 0.1) is 5.41 Å². The van der Waals surface area contributed by atoms with E-state index in [4.69, 9.17) is 4.98 Å². The second-order valence-electron chi connectivity index (χ2n) is 8.32. The van der Waals surface area contributed by atoms with Crippen LogP contribution in [-0.2, 0) is 11.2 Å². The van der Waals surface area contributed by atoms with Crippen LogP contribution in [0.5, 0.6) is 0 Å². The van der Waals surface area contributed by atoms with Crippen LogP contribution in [0.4, 0.5) is 5.69 Å². The molecule has 0 amide bonds. The minimum atomic E-state index is -0.439. The van der Waals surface area contributed by atoms with Gasteiger partial charge in [-0.15, -0.1) is 0 Å². The molecule has 0 aliphatic carbocycles. The molecule has 0 spiro atoms. The number of carbonyl (C=O) groups excluding carboxylic acids is 1. The molecule has 0 bridgehead atoms. The Kier molecular flexibility index (Phi) is 4.89. The van der Waals surface area contributed by atoms with Crippen LogP contribution in [0.2, 0.25) is 0 Å². The number of piperidine rings is 1. The van der Waals surface area contributed by atoms with Crippen molar-refractivity contribution in [3.8, 4) is 11.3 Å². The van der Waals surface area contributed by atoms with E-state index in [1.54, 1.807) is 6.20 Å². The number of hydrogen-bond acceptors (Lipinski definition) is 5. The van der Waals surface area contributed by atoms with Crippen LogP contribution in [0.15, 0.2) is 36.7 Å². The summed E-state index contributed by atoms with van der Waals surface area (Å²) in [5, 5.41) is 9.74. The summed E-state index contributed by atoms with van der Waals surface area (Å²) in [5.41, 5.74) is 5.09. The maximum atomic E-state index is 11.3. The van der Waals surface area contributed by atoms with E-state index in [0.29, 0.717) is 6.42 Å². The third kappa shape index (κ3) is 3.78. The molecule has 3 aromatic rings. The molecule has 1 aliphatic rings. The number of nitrogens with one attached hydrogen (secondary N) is 1. The van der Waals surface area contributed by atoms with Crippen molar-refractivity contribution in [1.82, 2.24) is 15.0 Å². The summed E-state index contributed by atoms with van der Waals surface area (Å²) >= 11 is 0. The van der Waals surface area contributed by atoms with Gasteiger partial charge < -0.3 is 19.8 Å². The van der Waals surface area contributed by atoms with Gasteiger partial charge >= 0.3 is 0 Å². The third-order valence-electron chi connectivity index (χ3n) is 5.40. The number of hydrogen-bond donors (Lipinski definition) is 2. The van der Waals surface area contributed by atoms with Crippen molar-refractivity contribution in [3.63, 3.8) is 0 Å². The van der Waals surface area contributed by atoms with Crippen molar-refractivity contribution >= 4 is 23.1 Å². The van der Waals surface area contributed by atoms with Crippen molar-refractivity contribution < 1.29 is 9.90 Å². The molecule has 2 N–H and O–H groups in total. The molecule has 2 aromatic heterocycles. The molecule has 146 valence electrons. The highest BCUT2D eigenvalue weighted by Crippen LogP contribution is 2.28. The van der Waals surface area contributed by atoms with Gasteiger partial charge in [-0.3, -0.25) is 0 Å². The number of carbonyl (C=O) groups is 1. The second kappa shape index (κ2) is 7.36. The average molecular weight is 378 g/mol. The lowest BCUT2D eigenvalue weighted by Crippen LogP contribution is -2.35. The molecular formula is C22H26N4O2.